The predicted molar refractivity (Wildman–Crippen MR) is 80.9 cm³/mol. The average molecular weight is 358 g/mol. The highest BCUT2D eigenvalue weighted by atomic mass is 32.2. The number of fused-ring (bicyclic) bond motifs is 1. The number of hydrogen-bond acceptors (Lipinski definition) is 4. The third-order valence-corrected chi connectivity index (χ3v) is 6.14. The lowest BCUT2D eigenvalue weighted by Crippen LogP contribution is -2.37. The van der Waals surface area contributed by atoms with Gasteiger partial charge in [-0.25, -0.2) is 27.1 Å². The first-order valence-corrected chi connectivity index (χ1v) is 8.81. The van der Waals surface area contributed by atoms with Gasteiger partial charge in [0.05, 0.1) is 4.90 Å². The Morgan fingerprint density at radius 1 is 1.25 bits per heavy atom. The number of sulfonamides is 1. The van der Waals surface area contributed by atoms with E-state index >= 15 is 0 Å². The van der Waals surface area contributed by atoms with Crippen LogP contribution in [-0.4, -0.2) is 40.6 Å². The Labute approximate surface area is 137 Å². The number of hydrogen-bond donors (Lipinski definition) is 1. The van der Waals surface area contributed by atoms with Gasteiger partial charge in [-0.2, -0.15) is 9.40 Å². The van der Waals surface area contributed by atoms with E-state index in [-0.39, 0.29) is 5.69 Å². The lowest BCUT2D eigenvalue weighted by molar-refractivity contribution is 0.329. The summed E-state index contributed by atoms with van der Waals surface area (Å²) in [5.74, 6) is -1.32. The maximum absolute atomic E-state index is 13.3. The molecule has 7 nitrogen and oxygen atoms in total. The maximum atomic E-state index is 13.3. The van der Waals surface area contributed by atoms with Crippen LogP contribution in [0.3, 0.4) is 0 Å². The minimum absolute atomic E-state index is 0.326. The van der Waals surface area contributed by atoms with Gasteiger partial charge in [-0.1, -0.05) is 0 Å². The molecule has 1 aliphatic heterocycles. The van der Waals surface area contributed by atoms with Crippen molar-refractivity contribution >= 4 is 10.0 Å². The summed E-state index contributed by atoms with van der Waals surface area (Å²) in [6, 6.07) is 1.81. The maximum Gasteiger partial charge on any atom is 0.343 e. The zero-order chi connectivity index (χ0) is 17.5. The summed E-state index contributed by atoms with van der Waals surface area (Å²) in [7, 11) is -2.67. The molecule has 24 heavy (non-hydrogen) atoms. The average Bonchev–Trinajstić information content (AvgIpc) is 2.74. The van der Waals surface area contributed by atoms with E-state index in [1.165, 1.54) is 11.6 Å². The van der Waals surface area contributed by atoms with E-state index in [4.69, 9.17) is 0 Å². The SMILES string of the molecule is CN(C1CCc2n[nH]c(=O)n2CC1)S(=O)(=O)c1cc(F)cc(F)c1. The highest BCUT2D eigenvalue weighted by molar-refractivity contribution is 7.89. The minimum Gasteiger partial charge on any atom is -0.279 e. The van der Waals surface area contributed by atoms with Crippen molar-refractivity contribution in [3.05, 3.63) is 46.1 Å². The fraction of sp³-hybridized carbons (Fsp3) is 0.429. The molecule has 0 saturated heterocycles. The molecule has 0 fully saturated rings. The standard InChI is InChI=1S/C14H16F2N4O3S/c1-19(24(22,23)12-7-9(15)6-10(16)8-12)11-2-3-13-17-18-14(21)20(13)5-4-11/h6-8,11H,2-5H2,1H3,(H,18,21). The van der Waals surface area contributed by atoms with Crippen LogP contribution in [0.2, 0.25) is 0 Å². The van der Waals surface area contributed by atoms with Crippen LogP contribution >= 0.6 is 0 Å². The highest BCUT2D eigenvalue weighted by Gasteiger charge is 2.30. The molecular formula is C14H16F2N4O3S. The normalized spacial score (nSPS) is 18.4. The molecule has 1 aliphatic rings. The van der Waals surface area contributed by atoms with E-state index in [1.807, 2.05) is 0 Å². The van der Waals surface area contributed by atoms with Crippen LogP contribution in [-0.2, 0) is 23.0 Å². The zero-order valence-electron chi connectivity index (χ0n) is 12.9. The van der Waals surface area contributed by atoms with E-state index in [1.54, 1.807) is 0 Å². The number of halogens is 2. The second kappa shape index (κ2) is 6.10. The van der Waals surface area contributed by atoms with E-state index in [0.29, 0.717) is 37.7 Å². The second-order valence-electron chi connectivity index (χ2n) is 5.70. The number of nitrogens with zero attached hydrogens (tertiary/aromatic N) is 3. The van der Waals surface area contributed by atoms with Crippen molar-refractivity contribution in [2.45, 2.75) is 36.7 Å². The molecule has 3 rings (SSSR count). The van der Waals surface area contributed by atoms with Crippen molar-refractivity contribution in [3.8, 4) is 0 Å². The molecule has 0 amide bonds. The van der Waals surface area contributed by atoms with Gasteiger partial charge in [-0.05, 0) is 25.0 Å². The Morgan fingerprint density at radius 3 is 2.58 bits per heavy atom. The minimum atomic E-state index is -4.04. The molecule has 2 heterocycles. The van der Waals surface area contributed by atoms with Crippen molar-refractivity contribution in [1.82, 2.24) is 19.1 Å². The Balaban J connectivity index is 1.85. The third-order valence-electron chi connectivity index (χ3n) is 4.25. The summed E-state index contributed by atoms with van der Waals surface area (Å²) in [6.45, 7) is 0.326. The van der Waals surface area contributed by atoms with Crippen LogP contribution < -0.4 is 5.69 Å². The van der Waals surface area contributed by atoms with E-state index in [2.05, 4.69) is 10.2 Å². The summed E-state index contributed by atoms with van der Waals surface area (Å²) in [4.78, 5) is 11.2. The first-order valence-electron chi connectivity index (χ1n) is 7.37. The highest BCUT2D eigenvalue weighted by Crippen LogP contribution is 2.24. The molecular weight excluding hydrogens is 342 g/mol. The Morgan fingerprint density at radius 2 is 1.92 bits per heavy atom. The molecule has 130 valence electrons. The smallest absolute Gasteiger partial charge is 0.279 e. The Hall–Kier alpha value is -2.07. The summed E-state index contributed by atoms with van der Waals surface area (Å²) in [5.41, 5.74) is -0.330. The van der Waals surface area contributed by atoms with Gasteiger partial charge in [0, 0.05) is 32.1 Å². The van der Waals surface area contributed by atoms with Crippen molar-refractivity contribution in [3.63, 3.8) is 0 Å². The number of benzene rings is 1. The summed E-state index contributed by atoms with van der Waals surface area (Å²) >= 11 is 0. The number of rotatable bonds is 3. The summed E-state index contributed by atoms with van der Waals surface area (Å²) in [6.07, 6.45) is 1.29. The Kier molecular flexibility index (Phi) is 4.26. The van der Waals surface area contributed by atoms with Gasteiger partial charge in [0.2, 0.25) is 10.0 Å². The van der Waals surface area contributed by atoms with Crippen LogP contribution in [0.1, 0.15) is 18.7 Å². The zero-order valence-corrected chi connectivity index (χ0v) is 13.7. The fourth-order valence-corrected chi connectivity index (χ4v) is 4.35. The van der Waals surface area contributed by atoms with Crippen molar-refractivity contribution in [2.24, 2.45) is 0 Å². The van der Waals surface area contributed by atoms with Gasteiger partial charge < -0.3 is 0 Å². The molecule has 0 radical (unpaired) electrons. The molecule has 0 spiro atoms. The quantitative estimate of drug-likeness (QED) is 0.882. The molecule has 1 atom stereocenters. The second-order valence-corrected chi connectivity index (χ2v) is 7.70. The molecule has 1 unspecified atom stereocenters. The molecule has 0 bridgehead atoms. The first-order chi connectivity index (χ1) is 11.3. The summed E-state index contributed by atoms with van der Waals surface area (Å²) < 4.78 is 54.5. The molecule has 10 heteroatoms. The van der Waals surface area contributed by atoms with E-state index < -0.39 is 32.6 Å². The van der Waals surface area contributed by atoms with E-state index in [0.717, 1.165) is 16.4 Å². The number of aromatic nitrogens is 3. The molecule has 1 N–H and O–H groups in total. The number of aromatic amines is 1. The van der Waals surface area contributed by atoms with E-state index in [9.17, 15) is 22.0 Å². The molecule has 0 saturated carbocycles. The molecule has 1 aromatic carbocycles. The van der Waals surface area contributed by atoms with Crippen LogP contribution in [0.5, 0.6) is 0 Å². The van der Waals surface area contributed by atoms with Gasteiger partial charge in [-0.15, -0.1) is 0 Å². The number of aryl methyl sites for hydroxylation is 1. The van der Waals surface area contributed by atoms with Crippen LogP contribution in [0, 0.1) is 11.6 Å². The van der Waals surface area contributed by atoms with Crippen molar-refractivity contribution in [2.75, 3.05) is 7.05 Å². The van der Waals surface area contributed by atoms with Gasteiger partial charge >= 0.3 is 5.69 Å². The molecule has 2 aromatic rings. The number of nitrogens with one attached hydrogen (secondary N) is 1. The van der Waals surface area contributed by atoms with Gasteiger partial charge in [0.1, 0.15) is 17.5 Å². The largest absolute Gasteiger partial charge is 0.343 e. The summed E-state index contributed by atoms with van der Waals surface area (Å²) in [5, 5.41) is 6.27. The van der Waals surface area contributed by atoms with Crippen molar-refractivity contribution < 1.29 is 17.2 Å². The Bertz CT molecular complexity index is 902. The van der Waals surface area contributed by atoms with Gasteiger partial charge in [0.15, 0.2) is 0 Å². The molecule has 0 aliphatic carbocycles. The fourth-order valence-electron chi connectivity index (χ4n) is 2.89. The topological polar surface area (TPSA) is 88.1 Å². The van der Waals surface area contributed by atoms with Gasteiger partial charge in [0.25, 0.3) is 0 Å². The lowest BCUT2D eigenvalue weighted by Gasteiger charge is -2.26. The molecule has 1 aromatic heterocycles. The van der Waals surface area contributed by atoms with Crippen LogP contribution in [0.25, 0.3) is 0 Å². The van der Waals surface area contributed by atoms with Crippen LogP contribution in [0.4, 0.5) is 8.78 Å². The van der Waals surface area contributed by atoms with Crippen LogP contribution in [0.15, 0.2) is 27.9 Å². The third kappa shape index (κ3) is 2.98. The number of H-pyrrole nitrogens is 1. The van der Waals surface area contributed by atoms with Crippen molar-refractivity contribution in [1.29, 1.82) is 0 Å². The lowest BCUT2D eigenvalue weighted by atomic mass is 10.1. The first kappa shape index (κ1) is 16.8. The monoisotopic (exact) mass is 358 g/mol. The predicted octanol–water partition coefficient (Wildman–Crippen LogP) is 0.875. The van der Waals surface area contributed by atoms with Gasteiger partial charge in [-0.3, -0.25) is 4.57 Å².